The molecule has 2 heterocycles. The van der Waals surface area contributed by atoms with Crippen LogP contribution in [0.1, 0.15) is 10.4 Å². The molecule has 1 aromatic heterocycles. The van der Waals surface area contributed by atoms with Crippen molar-refractivity contribution in [2.24, 2.45) is 5.73 Å². The van der Waals surface area contributed by atoms with E-state index < -0.39 is 5.91 Å². The van der Waals surface area contributed by atoms with Gasteiger partial charge in [0.15, 0.2) is 0 Å². The van der Waals surface area contributed by atoms with E-state index in [9.17, 15) is 4.79 Å². The Bertz CT molecular complexity index is 971. The van der Waals surface area contributed by atoms with E-state index in [0.717, 1.165) is 37.7 Å². The van der Waals surface area contributed by atoms with E-state index in [-0.39, 0.29) is 11.4 Å². The number of ether oxygens (including phenoxy) is 2. The number of hydrogen-bond donors (Lipinski definition) is 2. The lowest BCUT2D eigenvalue weighted by Gasteiger charge is -2.28. The first-order chi connectivity index (χ1) is 14.2. The molecule has 0 unspecified atom stereocenters. The standard InChI is InChI=1S/C22H22N4O3/c23-21(27)19-10-11-20(26-14-12-24-13-15-26)25-22(19)29-18-8-6-17(7-9-18)28-16-4-2-1-3-5-16/h1-11,24H,12-15H2,(H2,23,27). The summed E-state index contributed by atoms with van der Waals surface area (Å²) in [6.07, 6.45) is 0. The van der Waals surface area contributed by atoms with Crippen LogP contribution in [-0.4, -0.2) is 37.1 Å². The van der Waals surface area contributed by atoms with E-state index in [2.05, 4.69) is 15.2 Å². The number of benzene rings is 2. The lowest BCUT2D eigenvalue weighted by atomic mass is 10.2. The maximum Gasteiger partial charge on any atom is 0.254 e. The van der Waals surface area contributed by atoms with Crippen LogP contribution >= 0.6 is 0 Å². The summed E-state index contributed by atoms with van der Waals surface area (Å²) < 4.78 is 11.7. The molecule has 1 aliphatic rings. The van der Waals surface area contributed by atoms with E-state index in [1.54, 1.807) is 36.4 Å². The minimum atomic E-state index is -0.580. The second-order valence-corrected chi connectivity index (χ2v) is 6.61. The molecule has 0 saturated carbocycles. The molecule has 7 nitrogen and oxygen atoms in total. The van der Waals surface area contributed by atoms with Gasteiger partial charge in [-0.05, 0) is 48.5 Å². The van der Waals surface area contributed by atoms with Gasteiger partial charge in [-0.1, -0.05) is 18.2 Å². The van der Waals surface area contributed by atoms with Crippen molar-refractivity contribution in [1.29, 1.82) is 0 Å². The number of carbonyl (C=O) groups excluding carboxylic acids is 1. The Hall–Kier alpha value is -3.58. The predicted molar refractivity (Wildman–Crippen MR) is 111 cm³/mol. The number of pyridine rings is 1. The molecule has 1 aliphatic heterocycles. The number of carbonyl (C=O) groups is 1. The van der Waals surface area contributed by atoms with Crippen molar-refractivity contribution in [3.8, 4) is 23.1 Å². The van der Waals surface area contributed by atoms with Crippen molar-refractivity contribution in [2.75, 3.05) is 31.1 Å². The first-order valence-electron chi connectivity index (χ1n) is 9.46. The predicted octanol–water partition coefficient (Wildman–Crippen LogP) is 3.17. The lowest BCUT2D eigenvalue weighted by Crippen LogP contribution is -2.43. The number of para-hydroxylation sites is 1. The summed E-state index contributed by atoms with van der Waals surface area (Å²) >= 11 is 0. The number of aromatic nitrogens is 1. The fourth-order valence-corrected chi connectivity index (χ4v) is 3.08. The van der Waals surface area contributed by atoms with Gasteiger partial charge in [0.25, 0.3) is 5.91 Å². The number of anilines is 1. The number of primary amides is 1. The zero-order valence-corrected chi connectivity index (χ0v) is 15.9. The summed E-state index contributed by atoms with van der Waals surface area (Å²) in [6, 6.07) is 20.1. The van der Waals surface area contributed by atoms with Gasteiger partial charge in [-0.25, -0.2) is 0 Å². The molecule has 148 valence electrons. The first kappa shape index (κ1) is 18.8. The molecule has 2 aromatic carbocycles. The van der Waals surface area contributed by atoms with Crippen LogP contribution in [0, 0.1) is 0 Å². The molecule has 7 heteroatoms. The largest absolute Gasteiger partial charge is 0.457 e. The van der Waals surface area contributed by atoms with Crippen LogP contribution < -0.4 is 25.4 Å². The summed E-state index contributed by atoms with van der Waals surface area (Å²) in [4.78, 5) is 18.5. The van der Waals surface area contributed by atoms with Gasteiger partial charge in [-0.3, -0.25) is 4.79 Å². The zero-order chi connectivity index (χ0) is 20.1. The molecule has 0 atom stereocenters. The fourth-order valence-electron chi connectivity index (χ4n) is 3.08. The molecule has 29 heavy (non-hydrogen) atoms. The van der Waals surface area contributed by atoms with Crippen LogP contribution in [0.3, 0.4) is 0 Å². The molecule has 0 aliphatic carbocycles. The number of nitrogens with one attached hydrogen (secondary N) is 1. The van der Waals surface area contributed by atoms with Gasteiger partial charge in [-0.15, -0.1) is 0 Å². The molecule has 4 rings (SSSR count). The van der Waals surface area contributed by atoms with Crippen LogP contribution in [0.25, 0.3) is 0 Å². The van der Waals surface area contributed by atoms with Gasteiger partial charge in [-0.2, -0.15) is 4.98 Å². The maximum absolute atomic E-state index is 11.8. The van der Waals surface area contributed by atoms with Crippen LogP contribution in [0.4, 0.5) is 5.82 Å². The topological polar surface area (TPSA) is 89.7 Å². The Morgan fingerprint density at radius 1 is 0.862 bits per heavy atom. The van der Waals surface area contributed by atoms with Crippen molar-refractivity contribution in [2.45, 2.75) is 0 Å². The van der Waals surface area contributed by atoms with Crippen LogP contribution in [0.2, 0.25) is 0 Å². The molecular weight excluding hydrogens is 368 g/mol. The van der Waals surface area contributed by atoms with Crippen molar-refractivity contribution < 1.29 is 14.3 Å². The summed E-state index contributed by atoms with van der Waals surface area (Å²) in [5, 5.41) is 3.30. The smallest absolute Gasteiger partial charge is 0.254 e. The number of hydrogen-bond acceptors (Lipinski definition) is 6. The van der Waals surface area contributed by atoms with Gasteiger partial charge < -0.3 is 25.4 Å². The monoisotopic (exact) mass is 390 g/mol. The highest BCUT2D eigenvalue weighted by molar-refractivity contribution is 5.95. The summed E-state index contributed by atoms with van der Waals surface area (Å²) in [5.41, 5.74) is 5.75. The molecule has 1 amide bonds. The Morgan fingerprint density at radius 3 is 2.14 bits per heavy atom. The van der Waals surface area contributed by atoms with E-state index in [1.165, 1.54) is 0 Å². The average molecular weight is 390 g/mol. The zero-order valence-electron chi connectivity index (χ0n) is 15.9. The highest BCUT2D eigenvalue weighted by atomic mass is 16.5. The van der Waals surface area contributed by atoms with E-state index in [4.69, 9.17) is 15.2 Å². The highest BCUT2D eigenvalue weighted by Gasteiger charge is 2.17. The molecular formula is C22H22N4O3. The highest BCUT2D eigenvalue weighted by Crippen LogP contribution is 2.29. The first-order valence-corrected chi connectivity index (χ1v) is 9.46. The number of rotatable bonds is 6. The quantitative estimate of drug-likeness (QED) is 0.672. The second-order valence-electron chi connectivity index (χ2n) is 6.61. The third kappa shape index (κ3) is 4.64. The molecule has 0 radical (unpaired) electrons. The number of amides is 1. The summed E-state index contributed by atoms with van der Waals surface area (Å²) in [5.74, 6) is 2.35. The molecule has 0 spiro atoms. The van der Waals surface area contributed by atoms with E-state index in [1.807, 2.05) is 30.3 Å². The minimum absolute atomic E-state index is 0.199. The maximum atomic E-state index is 11.8. The molecule has 3 aromatic rings. The molecule has 1 saturated heterocycles. The van der Waals surface area contributed by atoms with Crippen molar-refractivity contribution in [3.63, 3.8) is 0 Å². The van der Waals surface area contributed by atoms with Crippen LogP contribution in [-0.2, 0) is 0 Å². The van der Waals surface area contributed by atoms with Crippen LogP contribution in [0.15, 0.2) is 66.7 Å². The van der Waals surface area contributed by atoms with E-state index >= 15 is 0 Å². The van der Waals surface area contributed by atoms with Gasteiger partial charge in [0.1, 0.15) is 28.6 Å². The molecule has 3 N–H and O–H groups in total. The number of nitrogens with two attached hydrogens (primary N) is 1. The van der Waals surface area contributed by atoms with Crippen LogP contribution in [0.5, 0.6) is 23.1 Å². The van der Waals surface area contributed by atoms with Crippen molar-refractivity contribution >= 4 is 11.7 Å². The number of nitrogens with zero attached hydrogens (tertiary/aromatic N) is 2. The van der Waals surface area contributed by atoms with Gasteiger partial charge in [0.05, 0.1) is 0 Å². The van der Waals surface area contributed by atoms with E-state index in [0.29, 0.717) is 11.5 Å². The van der Waals surface area contributed by atoms with Gasteiger partial charge in [0, 0.05) is 26.2 Å². The Morgan fingerprint density at radius 2 is 1.48 bits per heavy atom. The van der Waals surface area contributed by atoms with Gasteiger partial charge >= 0.3 is 0 Å². The van der Waals surface area contributed by atoms with Gasteiger partial charge in [0.2, 0.25) is 5.88 Å². The average Bonchev–Trinajstić information content (AvgIpc) is 2.76. The van der Waals surface area contributed by atoms with Crippen molar-refractivity contribution in [1.82, 2.24) is 10.3 Å². The minimum Gasteiger partial charge on any atom is -0.457 e. The summed E-state index contributed by atoms with van der Waals surface area (Å²) in [6.45, 7) is 3.46. The third-order valence-electron chi connectivity index (χ3n) is 4.57. The Kier molecular flexibility index (Phi) is 5.58. The molecule has 0 bridgehead atoms. The summed E-state index contributed by atoms with van der Waals surface area (Å²) in [7, 11) is 0. The molecule has 1 fully saturated rings. The SMILES string of the molecule is NC(=O)c1ccc(N2CCNCC2)nc1Oc1ccc(Oc2ccccc2)cc1. The second kappa shape index (κ2) is 8.62. The Labute approximate surface area is 169 Å². The normalized spacial score (nSPS) is 13.7. The fraction of sp³-hybridized carbons (Fsp3) is 0.182. The number of piperazine rings is 1. The third-order valence-corrected chi connectivity index (χ3v) is 4.57. The van der Waals surface area contributed by atoms with Crippen molar-refractivity contribution in [3.05, 3.63) is 72.3 Å². The lowest BCUT2D eigenvalue weighted by molar-refractivity contribution is 0.0997. The Balaban J connectivity index is 1.53.